The predicted molar refractivity (Wildman–Crippen MR) is 63.0 cm³/mol. The maximum Gasteiger partial charge on any atom is 0.351 e. The van der Waals surface area contributed by atoms with E-state index in [0.29, 0.717) is 12.8 Å². The second-order valence-corrected chi connectivity index (χ2v) is 5.87. The van der Waals surface area contributed by atoms with Crippen molar-refractivity contribution >= 4 is 13.4 Å². The number of nitrogens with two attached hydrogens (primary N) is 1. The van der Waals surface area contributed by atoms with E-state index >= 15 is 0 Å². The van der Waals surface area contributed by atoms with E-state index in [1.807, 2.05) is 0 Å². The van der Waals surface area contributed by atoms with Crippen molar-refractivity contribution < 1.29 is 19.1 Å². The lowest BCUT2D eigenvalue weighted by Crippen LogP contribution is -2.27. The third-order valence-electron chi connectivity index (χ3n) is 2.69. The van der Waals surface area contributed by atoms with Gasteiger partial charge in [-0.1, -0.05) is 0 Å². The molecule has 8 nitrogen and oxygen atoms in total. The summed E-state index contributed by atoms with van der Waals surface area (Å²) in [4.78, 5) is 32.8. The van der Waals surface area contributed by atoms with Crippen molar-refractivity contribution in [2.75, 3.05) is 11.9 Å². The molecule has 1 aliphatic heterocycles. The normalized spacial score (nSPS) is 24.3. The van der Waals surface area contributed by atoms with Crippen LogP contribution in [0.3, 0.4) is 0 Å². The molecule has 0 bridgehead atoms. The van der Waals surface area contributed by atoms with E-state index in [4.69, 9.17) is 20.3 Å². The summed E-state index contributed by atoms with van der Waals surface area (Å²) < 4.78 is 17.6. The van der Waals surface area contributed by atoms with Gasteiger partial charge in [-0.05, 0) is 18.9 Å². The maximum absolute atomic E-state index is 11.6. The lowest BCUT2D eigenvalue weighted by Gasteiger charge is -2.15. The molecule has 2 unspecified atom stereocenters. The summed E-state index contributed by atoms with van der Waals surface area (Å²) in [6.07, 6.45) is 1.06. The van der Waals surface area contributed by atoms with Gasteiger partial charge in [0.2, 0.25) is 0 Å². The minimum atomic E-state index is -4.10. The Hall–Kier alpha value is -1.21. The first-order valence-corrected chi connectivity index (χ1v) is 7.19. The molecular weight excluding hydrogens is 261 g/mol. The molecule has 1 saturated heterocycles. The molecule has 2 rings (SSSR count). The Morgan fingerprint density at radius 1 is 1.56 bits per heavy atom. The highest BCUT2D eigenvalue weighted by atomic mass is 31.2. The van der Waals surface area contributed by atoms with Gasteiger partial charge in [-0.15, -0.1) is 0 Å². The van der Waals surface area contributed by atoms with Crippen LogP contribution in [0.15, 0.2) is 17.1 Å². The van der Waals surface area contributed by atoms with Gasteiger partial charge in [-0.3, -0.25) is 9.13 Å². The highest BCUT2D eigenvalue weighted by molar-refractivity contribution is 7.51. The molecular formula is C9H14N3O5P. The first kappa shape index (κ1) is 13.2. The van der Waals surface area contributed by atoms with Crippen molar-refractivity contribution in [3.63, 3.8) is 0 Å². The highest BCUT2D eigenvalue weighted by Crippen LogP contribution is 2.40. The molecule has 0 aromatic carbocycles. The Bertz CT molecular complexity index is 539. The van der Waals surface area contributed by atoms with Crippen LogP contribution in [0.1, 0.15) is 19.1 Å². The van der Waals surface area contributed by atoms with Gasteiger partial charge in [-0.25, -0.2) is 4.79 Å². The number of aromatic nitrogens is 2. The molecule has 0 aliphatic carbocycles. The van der Waals surface area contributed by atoms with Gasteiger partial charge in [0, 0.05) is 6.20 Å². The van der Waals surface area contributed by atoms with Crippen molar-refractivity contribution in [1.82, 2.24) is 9.55 Å². The van der Waals surface area contributed by atoms with Gasteiger partial charge in [0.1, 0.15) is 12.0 Å². The zero-order valence-electron chi connectivity index (χ0n) is 9.47. The molecule has 4 N–H and O–H groups in total. The van der Waals surface area contributed by atoms with E-state index in [1.165, 1.54) is 16.8 Å². The van der Waals surface area contributed by atoms with Crippen molar-refractivity contribution in [2.24, 2.45) is 0 Å². The smallest absolute Gasteiger partial charge is 0.351 e. The van der Waals surface area contributed by atoms with Crippen LogP contribution in [0, 0.1) is 0 Å². The fourth-order valence-corrected chi connectivity index (χ4v) is 2.74. The summed E-state index contributed by atoms with van der Waals surface area (Å²) in [6, 6.07) is 1.47. The standard InChI is InChI=1S/C9H14N3O5P/c10-7-3-4-12(9(13)11-7)8-2-1-6(17-8)5-18(14,15)16/h3-4,6,8H,1-2,5H2,(H2,10,11,13)(H2,14,15,16). The third-order valence-corrected chi connectivity index (χ3v) is 3.57. The molecule has 0 amide bonds. The topological polar surface area (TPSA) is 128 Å². The Labute approximate surface area is 103 Å². The minimum absolute atomic E-state index is 0.126. The monoisotopic (exact) mass is 275 g/mol. The van der Waals surface area contributed by atoms with Crippen molar-refractivity contribution in [3.05, 3.63) is 22.7 Å². The summed E-state index contributed by atoms with van der Waals surface area (Å²) in [7, 11) is -4.10. The molecule has 1 fully saturated rings. The van der Waals surface area contributed by atoms with Crippen LogP contribution in [-0.4, -0.2) is 31.6 Å². The highest BCUT2D eigenvalue weighted by Gasteiger charge is 2.32. The Morgan fingerprint density at radius 2 is 2.28 bits per heavy atom. The van der Waals surface area contributed by atoms with Gasteiger partial charge in [-0.2, -0.15) is 4.98 Å². The van der Waals surface area contributed by atoms with Gasteiger partial charge in [0.15, 0.2) is 0 Å². The van der Waals surface area contributed by atoms with E-state index < -0.39 is 25.6 Å². The van der Waals surface area contributed by atoms with Crippen molar-refractivity contribution in [1.29, 1.82) is 0 Å². The molecule has 100 valence electrons. The molecule has 0 spiro atoms. The molecule has 18 heavy (non-hydrogen) atoms. The predicted octanol–water partition coefficient (Wildman–Crippen LogP) is -0.319. The number of rotatable bonds is 3. The average molecular weight is 275 g/mol. The number of hydrogen-bond donors (Lipinski definition) is 3. The van der Waals surface area contributed by atoms with E-state index in [-0.39, 0.29) is 12.0 Å². The van der Waals surface area contributed by atoms with Crippen molar-refractivity contribution in [3.8, 4) is 0 Å². The van der Waals surface area contributed by atoms with Gasteiger partial charge >= 0.3 is 13.3 Å². The lowest BCUT2D eigenvalue weighted by atomic mass is 10.2. The molecule has 1 aromatic heterocycles. The van der Waals surface area contributed by atoms with E-state index in [0.717, 1.165) is 0 Å². The number of nitrogens with zero attached hydrogens (tertiary/aromatic N) is 2. The van der Waals surface area contributed by atoms with Crippen molar-refractivity contribution in [2.45, 2.75) is 25.2 Å². The molecule has 0 radical (unpaired) electrons. The molecule has 1 aromatic rings. The van der Waals surface area contributed by atoms with Gasteiger partial charge < -0.3 is 20.3 Å². The first-order valence-electron chi connectivity index (χ1n) is 5.40. The first-order chi connectivity index (χ1) is 8.35. The van der Waals surface area contributed by atoms with E-state index in [9.17, 15) is 9.36 Å². The van der Waals surface area contributed by atoms with Crippen LogP contribution in [0.4, 0.5) is 5.82 Å². The number of hydrogen-bond acceptors (Lipinski definition) is 5. The molecule has 1 aliphatic rings. The van der Waals surface area contributed by atoms with Crippen LogP contribution in [0.5, 0.6) is 0 Å². The SMILES string of the molecule is Nc1ccn(C2CCC(CP(=O)(O)O)O2)c(=O)n1. The fourth-order valence-electron chi connectivity index (χ4n) is 1.94. The van der Waals surface area contributed by atoms with Crippen LogP contribution < -0.4 is 11.4 Å². The van der Waals surface area contributed by atoms with Crippen LogP contribution >= 0.6 is 7.60 Å². The summed E-state index contributed by atoms with van der Waals surface area (Å²) >= 11 is 0. The summed E-state index contributed by atoms with van der Waals surface area (Å²) in [6.45, 7) is 0. The summed E-state index contributed by atoms with van der Waals surface area (Å²) in [5.41, 5.74) is 4.84. The Kier molecular flexibility index (Phi) is 3.54. The third kappa shape index (κ3) is 3.17. The number of anilines is 1. The number of nitrogen functional groups attached to an aromatic ring is 1. The van der Waals surface area contributed by atoms with E-state index in [1.54, 1.807) is 0 Å². The lowest BCUT2D eigenvalue weighted by molar-refractivity contribution is 0.00779. The van der Waals surface area contributed by atoms with Gasteiger partial charge in [0.05, 0.1) is 12.3 Å². The van der Waals surface area contributed by atoms with Crippen LogP contribution in [-0.2, 0) is 9.30 Å². The largest absolute Gasteiger partial charge is 0.383 e. The molecule has 2 atom stereocenters. The minimum Gasteiger partial charge on any atom is -0.383 e. The molecule has 0 saturated carbocycles. The quantitative estimate of drug-likeness (QED) is 0.645. The summed E-state index contributed by atoms with van der Waals surface area (Å²) in [5.74, 6) is 0.126. The number of ether oxygens (including phenoxy) is 1. The van der Waals surface area contributed by atoms with Gasteiger partial charge in [0.25, 0.3) is 0 Å². The zero-order chi connectivity index (χ0) is 13.3. The Morgan fingerprint density at radius 3 is 2.89 bits per heavy atom. The molecule has 9 heteroatoms. The average Bonchev–Trinajstić information content (AvgIpc) is 2.63. The Balaban J connectivity index is 2.09. The second-order valence-electron chi connectivity index (χ2n) is 4.18. The zero-order valence-corrected chi connectivity index (χ0v) is 10.4. The second kappa shape index (κ2) is 4.81. The summed E-state index contributed by atoms with van der Waals surface area (Å²) in [5, 5.41) is 0. The molecule has 2 heterocycles. The van der Waals surface area contributed by atoms with Crippen LogP contribution in [0.2, 0.25) is 0 Å². The van der Waals surface area contributed by atoms with Crippen LogP contribution in [0.25, 0.3) is 0 Å². The maximum atomic E-state index is 11.6. The van der Waals surface area contributed by atoms with E-state index in [2.05, 4.69) is 4.98 Å². The fraction of sp³-hybridized carbons (Fsp3) is 0.556.